The van der Waals surface area contributed by atoms with E-state index < -0.39 is 35.8 Å². The zero-order valence-electron chi connectivity index (χ0n) is 17.3. The quantitative estimate of drug-likeness (QED) is 0.211. The molecular weight excluding hydrogens is 364 g/mol. The number of rotatable bonds is 11. The van der Waals surface area contributed by atoms with Gasteiger partial charge in [-0.1, -0.05) is 40.0 Å². The second-order valence-corrected chi connectivity index (χ2v) is 8.06. The lowest BCUT2D eigenvalue weighted by molar-refractivity contribution is -0.150. The predicted molar refractivity (Wildman–Crippen MR) is 104 cm³/mol. The molecule has 1 heterocycles. The number of esters is 1. The van der Waals surface area contributed by atoms with E-state index in [1.165, 1.54) is 0 Å². The number of carboxylic acid groups (broad SMARTS) is 1. The average Bonchev–Trinajstić information content (AvgIpc) is 2.61. The molecule has 0 saturated carbocycles. The molecular formula is C21H34O7. The maximum Gasteiger partial charge on any atom is 0.345 e. The number of ketones is 1. The number of carboxylic acids is 1. The van der Waals surface area contributed by atoms with Gasteiger partial charge in [0.15, 0.2) is 5.78 Å². The lowest BCUT2D eigenvalue weighted by atomic mass is 9.85. The molecule has 0 spiro atoms. The topological polar surface area (TPSA) is 121 Å². The lowest BCUT2D eigenvalue weighted by Crippen LogP contribution is -2.33. The molecule has 7 heteroatoms. The van der Waals surface area contributed by atoms with Crippen molar-refractivity contribution in [2.24, 2.45) is 17.8 Å². The standard InChI is InChI=1S/C21H34O7/c1-5-13(3)19(24)15(20(25)26)8-6-7-12(2)9-10-16(22)18-17(23)11-14(4)28-21(18)27/h12-15,19,22,24H,5-11H2,1-4H3,(H,25,26)/t12-,13-,14+,15+,19+/m0/s1. The van der Waals surface area contributed by atoms with Gasteiger partial charge in [0.05, 0.1) is 12.0 Å². The van der Waals surface area contributed by atoms with Crippen LogP contribution < -0.4 is 0 Å². The molecule has 0 aromatic rings. The number of carbonyl (C=O) groups excluding carboxylic acids is 2. The largest absolute Gasteiger partial charge is 0.511 e. The minimum absolute atomic E-state index is 0.0717. The van der Waals surface area contributed by atoms with E-state index in [9.17, 15) is 29.7 Å². The van der Waals surface area contributed by atoms with Crippen molar-refractivity contribution in [1.29, 1.82) is 0 Å². The summed E-state index contributed by atoms with van der Waals surface area (Å²) in [5.74, 6) is -3.05. The molecule has 1 saturated heterocycles. The van der Waals surface area contributed by atoms with Crippen molar-refractivity contribution >= 4 is 17.7 Å². The molecule has 5 atom stereocenters. The molecule has 3 N–H and O–H groups in total. The number of aliphatic carboxylic acids is 1. The number of allylic oxidation sites excluding steroid dienone is 1. The zero-order chi connectivity index (χ0) is 21.4. The van der Waals surface area contributed by atoms with E-state index >= 15 is 0 Å². The Labute approximate surface area is 166 Å². The van der Waals surface area contributed by atoms with Gasteiger partial charge in [0.2, 0.25) is 0 Å². The van der Waals surface area contributed by atoms with E-state index in [0.717, 1.165) is 12.8 Å². The summed E-state index contributed by atoms with van der Waals surface area (Å²) < 4.78 is 5.00. The zero-order valence-corrected chi connectivity index (χ0v) is 17.3. The van der Waals surface area contributed by atoms with Gasteiger partial charge in [-0.25, -0.2) is 4.79 Å². The first kappa shape index (κ1) is 24.1. The van der Waals surface area contributed by atoms with Crippen molar-refractivity contribution in [2.45, 2.75) is 84.8 Å². The van der Waals surface area contributed by atoms with Gasteiger partial charge in [-0.3, -0.25) is 9.59 Å². The Morgan fingerprint density at radius 3 is 2.36 bits per heavy atom. The van der Waals surface area contributed by atoms with Gasteiger partial charge in [0, 0.05) is 12.8 Å². The van der Waals surface area contributed by atoms with Gasteiger partial charge in [0.1, 0.15) is 17.4 Å². The van der Waals surface area contributed by atoms with Gasteiger partial charge >= 0.3 is 11.9 Å². The van der Waals surface area contributed by atoms with Gasteiger partial charge < -0.3 is 20.1 Å². The molecule has 1 aliphatic rings. The SMILES string of the molecule is CC[C@H](C)[C@@H](O)[C@@H](CCC[C@H](C)CCC(O)=C1C(=O)C[C@@H](C)OC1=O)C(=O)O. The third kappa shape index (κ3) is 6.93. The monoisotopic (exact) mass is 398 g/mol. The molecule has 0 aliphatic carbocycles. The van der Waals surface area contributed by atoms with Crippen LogP contribution in [0.25, 0.3) is 0 Å². The second-order valence-electron chi connectivity index (χ2n) is 8.06. The summed E-state index contributed by atoms with van der Waals surface area (Å²) >= 11 is 0. The van der Waals surface area contributed by atoms with Crippen molar-refractivity contribution in [1.82, 2.24) is 0 Å². The average molecular weight is 398 g/mol. The normalized spacial score (nSPS) is 23.5. The van der Waals surface area contributed by atoms with Gasteiger partial charge in [0.25, 0.3) is 0 Å². The smallest absolute Gasteiger partial charge is 0.345 e. The fraction of sp³-hybridized carbons (Fsp3) is 0.762. The van der Waals surface area contributed by atoms with E-state index in [0.29, 0.717) is 19.3 Å². The fourth-order valence-electron chi connectivity index (χ4n) is 3.46. The Morgan fingerprint density at radius 2 is 1.82 bits per heavy atom. The Balaban J connectivity index is 2.51. The second kappa shape index (κ2) is 11.2. The first-order chi connectivity index (χ1) is 13.1. The number of hydrogen-bond acceptors (Lipinski definition) is 6. The molecule has 0 unspecified atom stereocenters. The first-order valence-electron chi connectivity index (χ1n) is 10.2. The molecule has 0 amide bonds. The van der Waals surface area contributed by atoms with Crippen LogP contribution >= 0.6 is 0 Å². The molecule has 0 radical (unpaired) electrons. The van der Waals surface area contributed by atoms with Crippen molar-refractivity contribution < 1.29 is 34.4 Å². The minimum Gasteiger partial charge on any atom is -0.511 e. The van der Waals surface area contributed by atoms with Crippen LogP contribution in [-0.2, 0) is 19.1 Å². The summed E-state index contributed by atoms with van der Waals surface area (Å²) in [7, 11) is 0. The first-order valence-corrected chi connectivity index (χ1v) is 10.2. The van der Waals surface area contributed by atoms with Crippen LogP contribution in [0.3, 0.4) is 0 Å². The Bertz CT molecular complexity index is 576. The van der Waals surface area contributed by atoms with E-state index in [1.54, 1.807) is 6.92 Å². The minimum atomic E-state index is -0.980. The van der Waals surface area contributed by atoms with Crippen LogP contribution in [0.2, 0.25) is 0 Å². The number of ether oxygens (including phenoxy) is 1. The molecule has 1 rings (SSSR count). The molecule has 1 fully saturated rings. The maximum atomic E-state index is 12.0. The Kier molecular flexibility index (Phi) is 9.65. The third-order valence-electron chi connectivity index (χ3n) is 5.60. The predicted octanol–water partition coefficient (Wildman–Crippen LogP) is 3.40. The summed E-state index contributed by atoms with van der Waals surface area (Å²) in [5.41, 5.74) is -0.243. The number of aliphatic hydroxyl groups is 2. The van der Waals surface area contributed by atoms with Crippen molar-refractivity contribution in [3.8, 4) is 0 Å². The summed E-state index contributed by atoms with van der Waals surface area (Å²) in [5, 5.41) is 29.7. The number of hydrogen-bond donors (Lipinski definition) is 3. The lowest BCUT2D eigenvalue weighted by Gasteiger charge is -2.24. The maximum absolute atomic E-state index is 12.0. The highest BCUT2D eigenvalue weighted by Gasteiger charge is 2.33. The van der Waals surface area contributed by atoms with E-state index in [-0.39, 0.29) is 36.0 Å². The highest BCUT2D eigenvalue weighted by atomic mass is 16.5. The van der Waals surface area contributed by atoms with Crippen LogP contribution in [0.4, 0.5) is 0 Å². The third-order valence-corrected chi connectivity index (χ3v) is 5.60. The Morgan fingerprint density at radius 1 is 1.18 bits per heavy atom. The van der Waals surface area contributed by atoms with Crippen LogP contribution in [0.15, 0.2) is 11.3 Å². The molecule has 160 valence electrons. The van der Waals surface area contributed by atoms with Gasteiger partial charge in [-0.15, -0.1) is 0 Å². The fourth-order valence-corrected chi connectivity index (χ4v) is 3.46. The van der Waals surface area contributed by atoms with Gasteiger partial charge in [-0.2, -0.15) is 0 Å². The number of cyclic esters (lactones) is 1. The van der Waals surface area contributed by atoms with E-state index in [2.05, 4.69) is 0 Å². The molecule has 7 nitrogen and oxygen atoms in total. The molecule has 1 aliphatic heterocycles. The number of aliphatic hydroxyl groups excluding tert-OH is 2. The van der Waals surface area contributed by atoms with Crippen LogP contribution in [-0.4, -0.2) is 45.2 Å². The summed E-state index contributed by atoms with van der Waals surface area (Å²) in [6.07, 6.45) is 1.99. The molecule has 0 aromatic carbocycles. The highest BCUT2D eigenvalue weighted by Crippen LogP contribution is 2.26. The summed E-state index contributed by atoms with van der Waals surface area (Å²) in [4.78, 5) is 35.2. The van der Waals surface area contributed by atoms with Crippen LogP contribution in [0.5, 0.6) is 0 Å². The molecule has 0 aromatic heterocycles. The molecule has 0 bridgehead atoms. The number of carbonyl (C=O) groups is 3. The van der Waals surface area contributed by atoms with Crippen LogP contribution in [0, 0.1) is 17.8 Å². The van der Waals surface area contributed by atoms with E-state index in [1.807, 2.05) is 20.8 Å². The highest BCUT2D eigenvalue weighted by molar-refractivity contribution is 6.19. The van der Waals surface area contributed by atoms with Gasteiger partial charge in [-0.05, 0) is 31.6 Å². The van der Waals surface area contributed by atoms with Crippen LogP contribution in [0.1, 0.15) is 72.6 Å². The molecule has 28 heavy (non-hydrogen) atoms. The Hall–Kier alpha value is -1.89. The van der Waals surface area contributed by atoms with Crippen molar-refractivity contribution in [3.05, 3.63) is 11.3 Å². The number of Topliss-reactive ketones (excluding diaryl/α,β-unsaturated/α-hetero) is 1. The summed E-state index contributed by atoms with van der Waals surface area (Å²) in [6.45, 7) is 7.37. The van der Waals surface area contributed by atoms with Crippen molar-refractivity contribution in [3.63, 3.8) is 0 Å². The van der Waals surface area contributed by atoms with E-state index in [4.69, 9.17) is 4.74 Å². The summed E-state index contributed by atoms with van der Waals surface area (Å²) in [6, 6.07) is 0. The van der Waals surface area contributed by atoms with Crippen molar-refractivity contribution in [2.75, 3.05) is 0 Å².